The largest absolute Gasteiger partial charge is 0.497 e. The number of ether oxygens (including phenoxy) is 3. The Labute approximate surface area is 186 Å². The summed E-state index contributed by atoms with van der Waals surface area (Å²) < 4.78 is 56.3. The summed E-state index contributed by atoms with van der Waals surface area (Å²) in [6, 6.07) is 7.34. The highest BCUT2D eigenvalue weighted by atomic mass is 19.4. The van der Waals surface area contributed by atoms with E-state index in [0.717, 1.165) is 16.7 Å². The van der Waals surface area contributed by atoms with E-state index in [2.05, 4.69) is 0 Å². The topological polar surface area (TPSA) is 83.3 Å². The molecule has 3 rings (SSSR count). The average molecular weight is 463 g/mol. The van der Waals surface area contributed by atoms with E-state index >= 15 is 0 Å². The number of methoxy groups -OCH3 is 1. The number of esters is 2. The van der Waals surface area contributed by atoms with Gasteiger partial charge in [0.25, 0.3) is 0 Å². The number of alkyl halides is 3. The molecule has 33 heavy (non-hydrogen) atoms. The molecule has 2 heterocycles. The van der Waals surface area contributed by atoms with Gasteiger partial charge in [-0.15, -0.1) is 0 Å². The summed E-state index contributed by atoms with van der Waals surface area (Å²) in [4.78, 5) is 39.0. The van der Waals surface area contributed by atoms with Crippen LogP contribution in [-0.4, -0.2) is 42.4 Å². The van der Waals surface area contributed by atoms with Crippen molar-refractivity contribution in [1.82, 2.24) is 4.40 Å². The number of carbonyl (C=O) groups excluding carboxylic acids is 3. The number of rotatable bonds is 7. The first kappa shape index (κ1) is 23.8. The number of ketones is 1. The molecule has 0 unspecified atom stereocenters. The van der Waals surface area contributed by atoms with Crippen LogP contribution in [0.5, 0.6) is 5.75 Å². The zero-order chi connectivity index (χ0) is 24.3. The van der Waals surface area contributed by atoms with Crippen molar-refractivity contribution >= 4 is 23.2 Å². The highest BCUT2D eigenvalue weighted by Gasteiger charge is 2.36. The van der Waals surface area contributed by atoms with E-state index in [1.807, 2.05) is 0 Å². The first-order valence-corrected chi connectivity index (χ1v) is 9.92. The predicted molar refractivity (Wildman–Crippen MR) is 111 cm³/mol. The first-order chi connectivity index (χ1) is 15.6. The van der Waals surface area contributed by atoms with Crippen molar-refractivity contribution in [3.8, 4) is 5.75 Å². The molecule has 0 aliphatic heterocycles. The molecule has 174 valence electrons. The molecule has 3 aromatic rings. The molecule has 0 saturated carbocycles. The monoisotopic (exact) mass is 463 g/mol. The van der Waals surface area contributed by atoms with Crippen LogP contribution < -0.4 is 4.74 Å². The van der Waals surface area contributed by atoms with E-state index in [9.17, 15) is 27.6 Å². The first-order valence-electron chi connectivity index (χ1n) is 9.92. The number of halogens is 3. The second-order valence-electron chi connectivity index (χ2n) is 6.77. The van der Waals surface area contributed by atoms with Gasteiger partial charge in [0.15, 0.2) is 0 Å². The summed E-state index contributed by atoms with van der Waals surface area (Å²) in [5, 5.41) is 0. The second kappa shape index (κ2) is 9.35. The molecule has 0 bridgehead atoms. The van der Waals surface area contributed by atoms with Crippen molar-refractivity contribution in [2.45, 2.75) is 20.0 Å². The Morgan fingerprint density at radius 1 is 0.909 bits per heavy atom. The quantitative estimate of drug-likeness (QED) is 0.378. The lowest BCUT2D eigenvalue weighted by molar-refractivity contribution is -0.137. The zero-order valence-corrected chi connectivity index (χ0v) is 18.0. The number of benzene rings is 1. The van der Waals surface area contributed by atoms with Gasteiger partial charge in [-0.25, -0.2) is 9.59 Å². The molecule has 0 N–H and O–H groups in total. The van der Waals surface area contributed by atoms with Gasteiger partial charge in [0.1, 0.15) is 22.6 Å². The molecule has 10 heteroatoms. The molecule has 0 radical (unpaired) electrons. The van der Waals surface area contributed by atoms with Crippen molar-refractivity contribution in [1.29, 1.82) is 0 Å². The summed E-state index contributed by atoms with van der Waals surface area (Å²) in [5.74, 6) is -2.31. The van der Waals surface area contributed by atoms with E-state index < -0.39 is 40.6 Å². The SMILES string of the molecule is CCOC(=O)c1c(C(=O)OCC)c2cc(C(F)(F)F)ccn2c1C(=O)c1ccc(OC)cc1. The number of pyridine rings is 1. The molecule has 0 aliphatic rings. The third-order valence-corrected chi connectivity index (χ3v) is 4.79. The van der Waals surface area contributed by atoms with Gasteiger partial charge < -0.3 is 18.6 Å². The molecular weight excluding hydrogens is 443 g/mol. The van der Waals surface area contributed by atoms with Gasteiger partial charge in [-0.05, 0) is 50.2 Å². The number of aromatic nitrogens is 1. The minimum atomic E-state index is -4.72. The summed E-state index contributed by atoms with van der Waals surface area (Å²) in [6.07, 6.45) is -3.73. The Kier molecular flexibility index (Phi) is 6.75. The lowest BCUT2D eigenvalue weighted by Crippen LogP contribution is -2.16. The number of fused-ring (bicyclic) bond motifs is 1. The van der Waals surface area contributed by atoms with E-state index in [0.29, 0.717) is 11.8 Å². The van der Waals surface area contributed by atoms with E-state index in [1.165, 1.54) is 45.2 Å². The fourth-order valence-corrected chi connectivity index (χ4v) is 3.34. The lowest BCUT2D eigenvalue weighted by Gasteiger charge is -2.09. The second-order valence-corrected chi connectivity index (χ2v) is 6.77. The molecule has 0 atom stereocenters. The summed E-state index contributed by atoms with van der Waals surface area (Å²) in [6.45, 7) is 2.84. The van der Waals surface area contributed by atoms with Gasteiger partial charge in [-0.2, -0.15) is 13.2 Å². The van der Waals surface area contributed by atoms with E-state index in [-0.39, 0.29) is 30.0 Å². The number of carbonyl (C=O) groups is 3. The zero-order valence-electron chi connectivity index (χ0n) is 18.0. The van der Waals surface area contributed by atoms with Gasteiger partial charge >= 0.3 is 18.1 Å². The third kappa shape index (κ3) is 4.55. The van der Waals surface area contributed by atoms with Gasteiger partial charge in [0.2, 0.25) is 5.78 Å². The van der Waals surface area contributed by atoms with Crippen LogP contribution in [0.2, 0.25) is 0 Å². The summed E-state index contributed by atoms with van der Waals surface area (Å²) >= 11 is 0. The number of hydrogen-bond acceptors (Lipinski definition) is 6. The smallest absolute Gasteiger partial charge is 0.416 e. The average Bonchev–Trinajstić information content (AvgIpc) is 3.13. The van der Waals surface area contributed by atoms with Crippen molar-refractivity contribution in [3.05, 3.63) is 70.5 Å². The lowest BCUT2D eigenvalue weighted by atomic mass is 10.0. The van der Waals surface area contributed by atoms with E-state index in [1.54, 1.807) is 0 Å². The fourth-order valence-electron chi connectivity index (χ4n) is 3.34. The summed E-state index contributed by atoms with van der Waals surface area (Å²) in [7, 11) is 1.44. The van der Waals surface area contributed by atoms with Crippen LogP contribution in [0.25, 0.3) is 5.52 Å². The maximum Gasteiger partial charge on any atom is 0.416 e. The third-order valence-electron chi connectivity index (χ3n) is 4.79. The molecule has 0 saturated heterocycles. The fraction of sp³-hybridized carbons (Fsp3) is 0.261. The Bertz CT molecular complexity index is 1210. The maximum atomic E-state index is 13.4. The van der Waals surface area contributed by atoms with Crippen molar-refractivity contribution in [3.63, 3.8) is 0 Å². The number of nitrogens with zero attached hydrogens (tertiary/aromatic N) is 1. The normalized spacial score (nSPS) is 11.3. The van der Waals surface area contributed by atoms with E-state index in [4.69, 9.17) is 14.2 Å². The van der Waals surface area contributed by atoms with Crippen LogP contribution in [0.3, 0.4) is 0 Å². The maximum absolute atomic E-state index is 13.4. The Morgan fingerprint density at radius 2 is 1.48 bits per heavy atom. The van der Waals surface area contributed by atoms with Gasteiger partial charge in [0.05, 0.1) is 31.4 Å². The van der Waals surface area contributed by atoms with Crippen LogP contribution >= 0.6 is 0 Å². The predicted octanol–water partition coefficient (Wildman–Crippen LogP) is 4.55. The highest BCUT2D eigenvalue weighted by molar-refractivity contribution is 6.19. The minimum absolute atomic E-state index is 0.0861. The van der Waals surface area contributed by atoms with Gasteiger partial charge in [0, 0.05) is 11.8 Å². The van der Waals surface area contributed by atoms with Crippen LogP contribution in [0.15, 0.2) is 42.6 Å². The Morgan fingerprint density at radius 3 is 2.00 bits per heavy atom. The molecule has 0 amide bonds. The van der Waals surface area contributed by atoms with Gasteiger partial charge in [-0.3, -0.25) is 4.79 Å². The van der Waals surface area contributed by atoms with Crippen LogP contribution in [-0.2, 0) is 15.7 Å². The Balaban J connectivity index is 2.38. The number of hydrogen-bond donors (Lipinski definition) is 0. The minimum Gasteiger partial charge on any atom is -0.497 e. The summed E-state index contributed by atoms with van der Waals surface area (Å²) in [5.41, 5.74) is -2.49. The molecule has 0 spiro atoms. The van der Waals surface area contributed by atoms with Crippen LogP contribution in [0, 0.1) is 0 Å². The standard InChI is InChI=1S/C23H20F3NO6/c1-4-32-21(29)17-16-12-14(23(24,25)26)10-11-27(16)19(18(17)22(30)33-5-2)20(28)13-6-8-15(31-3)9-7-13/h6-12H,4-5H2,1-3H3. The molecule has 2 aromatic heterocycles. The molecule has 7 nitrogen and oxygen atoms in total. The highest BCUT2D eigenvalue weighted by Crippen LogP contribution is 2.34. The molecule has 1 aromatic carbocycles. The molecular formula is C23H20F3NO6. The van der Waals surface area contributed by atoms with Gasteiger partial charge in [-0.1, -0.05) is 0 Å². The van der Waals surface area contributed by atoms with Crippen LogP contribution in [0.1, 0.15) is 56.2 Å². The van der Waals surface area contributed by atoms with Crippen LogP contribution in [0.4, 0.5) is 13.2 Å². The molecule has 0 fully saturated rings. The van der Waals surface area contributed by atoms with Crippen molar-refractivity contribution in [2.24, 2.45) is 0 Å². The molecule has 0 aliphatic carbocycles. The van der Waals surface area contributed by atoms with Crippen molar-refractivity contribution in [2.75, 3.05) is 20.3 Å². The Hall–Kier alpha value is -3.82. The van der Waals surface area contributed by atoms with Crippen molar-refractivity contribution < 1.29 is 41.8 Å².